The lowest BCUT2D eigenvalue weighted by Gasteiger charge is -2.38. The second-order valence-electron chi connectivity index (χ2n) is 10.8. The zero-order valence-electron chi connectivity index (χ0n) is 22.6. The van der Waals surface area contributed by atoms with Gasteiger partial charge in [-0.15, -0.1) is 0 Å². The van der Waals surface area contributed by atoms with Gasteiger partial charge < -0.3 is 30.1 Å². The fraction of sp³-hybridized carbons (Fsp3) is 0.679. The summed E-state index contributed by atoms with van der Waals surface area (Å²) in [6.45, 7) is 8.59. The summed E-state index contributed by atoms with van der Waals surface area (Å²) in [6.07, 6.45) is 2.74. The van der Waals surface area contributed by atoms with E-state index in [9.17, 15) is 19.5 Å². The Morgan fingerprint density at radius 1 is 1.21 bits per heavy atom. The third kappa shape index (κ3) is 5.07. The summed E-state index contributed by atoms with van der Waals surface area (Å²) >= 11 is 3.69. The predicted molar refractivity (Wildman–Crippen MR) is 147 cm³/mol. The highest BCUT2D eigenvalue weighted by molar-refractivity contribution is 9.09. The quantitative estimate of drug-likeness (QED) is 0.253. The van der Waals surface area contributed by atoms with E-state index in [1.54, 1.807) is 24.3 Å². The van der Waals surface area contributed by atoms with Crippen molar-refractivity contribution in [3.8, 4) is 5.75 Å². The van der Waals surface area contributed by atoms with Gasteiger partial charge in [-0.3, -0.25) is 14.4 Å². The molecule has 3 amide bonds. The van der Waals surface area contributed by atoms with Gasteiger partial charge in [0.05, 0.1) is 37.2 Å². The molecule has 0 saturated carbocycles. The average Bonchev–Trinajstić information content (AvgIpc) is 3.47. The Bertz CT molecular complexity index is 1020. The number of benzene rings is 1. The van der Waals surface area contributed by atoms with E-state index in [0.29, 0.717) is 31.0 Å². The van der Waals surface area contributed by atoms with Crippen molar-refractivity contribution in [1.29, 1.82) is 0 Å². The zero-order valence-corrected chi connectivity index (χ0v) is 24.2. The first kappa shape index (κ1) is 28.8. The lowest BCUT2D eigenvalue weighted by atomic mass is 9.70. The van der Waals surface area contributed by atoms with Gasteiger partial charge in [0.2, 0.25) is 17.7 Å². The minimum Gasteiger partial charge on any atom is -0.494 e. The van der Waals surface area contributed by atoms with Crippen LogP contribution in [0.4, 0.5) is 5.69 Å². The van der Waals surface area contributed by atoms with Crippen molar-refractivity contribution in [2.45, 2.75) is 82.0 Å². The fourth-order valence-electron chi connectivity index (χ4n) is 6.35. The van der Waals surface area contributed by atoms with Crippen molar-refractivity contribution in [1.82, 2.24) is 10.2 Å². The van der Waals surface area contributed by atoms with E-state index in [1.807, 2.05) is 20.8 Å². The van der Waals surface area contributed by atoms with Gasteiger partial charge in [-0.2, -0.15) is 0 Å². The van der Waals surface area contributed by atoms with Gasteiger partial charge in [-0.1, -0.05) is 49.5 Å². The number of ether oxygens (including phenoxy) is 2. The van der Waals surface area contributed by atoms with Gasteiger partial charge in [0, 0.05) is 17.1 Å². The minimum atomic E-state index is -1.14. The number of carbonyl (C=O) groups is 3. The standard InChI is InChI=1S/C28H40BrN3O6/c1-5-7-8-13-30-26(35)24-28-14-19(29)23(38-28)21(22(28)27(36)32(24)20(15-33)16(3)4)25(34)31-17-9-11-18(12-10-17)37-6-2/h9-12,16,19-24,33H,5-8,13-15H2,1-4H3,(H,30,35)(H,31,34)/t19?,20-,21+,22-,23+,24?,28?/m0/s1. The van der Waals surface area contributed by atoms with E-state index < -0.39 is 35.6 Å². The van der Waals surface area contributed by atoms with Gasteiger partial charge in [0.25, 0.3) is 0 Å². The molecule has 210 valence electrons. The summed E-state index contributed by atoms with van der Waals surface area (Å²) in [6, 6.07) is 5.58. The molecule has 1 aromatic rings. The smallest absolute Gasteiger partial charge is 0.245 e. The SMILES string of the molecule is CCCCCNC(=O)C1N([C@@H](CO)C(C)C)C(=O)[C@@H]2[C@@H](C(=O)Nc3ccc(OCC)cc3)[C@@H]3OC12CC3Br. The van der Waals surface area contributed by atoms with Crippen LogP contribution in [-0.4, -0.2) is 76.1 Å². The topological polar surface area (TPSA) is 117 Å². The normalized spacial score (nSPS) is 30.4. The van der Waals surface area contributed by atoms with Crippen LogP contribution in [0, 0.1) is 17.8 Å². The summed E-state index contributed by atoms with van der Waals surface area (Å²) in [5.41, 5.74) is -0.558. The number of alkyl halides is 1. The van der Waals surface area contributed by atoms with Crippen LogP contribution in [0.2, 0.25) is 0 Å². The summed E-state index contributed by atoms with van der Waals surface area (Å²) in [5, 5.41) is 16.2. The molecule has 2 bridgehead atoms. The molecular weight excluding hydrogens is 554 g/mol. The highest BCUT2D eigenvalue weighted by Gasteiger charge is 2.77. The molecular formula is C28H40BrN3O6. The molecule has 3 N–H and O–H groups in total. The summed E-state index contributed by atoms with van der Waals surface area (Å²) in [5.74, 6) is -1.90. The molecule has 0 aliphatic carbocycles. The number of hydrogen-bond acceptors (Lipinski definition) is 6. The molecule has 0 radical (unpaired) electrons. The molecule has 3 fully saturated rings. The number of anilines is 1. The van der Waals surface area contributed by atoms with Gasteiger partial charge in [0.1, 0.15) is 17.4 Å². The average molecular weight is 595 g/mol. The van der Waals surface area contributed by atoms with Crippen molar-refractivity contribution in [3.63, 3.8) is 0 Å². The summed E-state index contributed by atoms with van der Waals surface area (Å²) in [4.78, 5) is 42.8. The van der Waals surface area contributed by atoms with E-state index in [4.69, 9.17) is 9.47 Å². The highest BCUT2D eigenvalue weighted by Crippen LogP contribution is 2.60. The second kappa shape index (κ2) is 11.9. The largest absolute Gasteiger partial charge is 0.494 e. The third-order valence-corrected chi connectivity index (χ3v) is 8.95. The number of hydrogen-bond donors (Lipinski definition) is 3. The molecule has 9 nitrogen and oxygen atoms in total. The van der Waals surface area contributed by atoms with Crippen LogP contribution in [0.15, 0.2) is 24.3 Å². The van der Waals surface area contributed by atoms with Crippen LogP contribution in [0.3, 0.4) is 0 Å². The van der Waals surface area contributed by atoms with Crippen LogP contribution >= 0.6 is 15.9 Å². The predicted octanol–water partition coefficient (Wildman–Crippen LogP) is 3.10. The molecule has 7 atom stereocenters. The number of amides is 3. The second-order valence-corrected chi connectivity index (χ2v) is 12.0. The Morgan fingerprint density at radius 2 is 1.92 bits per heavy atom. The third-order valence-electron chi connectivity index (χ3n) is 8.10. The molecule has 1 aromatic carbocycles. The lowest BCUT2D eigenvalue weighted by molar-refractivity contribution is -0.146. The van der Waals surface area contributed by atoms with Gasteiger partial charge in [-0.25, -0.2) is 0 Å². The van der Waals surface area contributed by atoms with Crippen molar-refractivity contribution < 1.29 is 29.0 Å². The number of carbonyl (C=O) groups excluding carboxylic acids is 3. The number of halogens is 1. The van der Waals surface area contributed by atoms with Gasteiger partial charge in [-0.05, 0) is 49.9 Å². The van der Waals surface area contributed by atoms with Crippen molar-refractivity contribution >= 4 is 39.3 Å². The Hall–Kier alpha value is -2.17. The molecule has 3 saturated heterocycles. The van der Waals surface area contributed by atoms with Crippen LogP contribution in [0.1, 0.15) is 53.4 Å². The van der Waals surface area contributed by atoms with E-state index >= 15 is 0 Å². The van der Waals surface area contributed by atoms with E-state index in [2.05, 4.69) is 33.5 Å². The van der Waals surface area contributed by atoms with Gasteiger partial charge >= 0.3 is 0 Å². The van der Waals surface area contributed by atoms with Crippen LogP contribution in [-0.2, 0) is 19.1 Å². The number of fused-ring (bicyclic) bond motifs is 1. The fourth-order valence-corrected chi connectivity index (χ4v) is 7.30. The molecule has 0 aromatic heterocycles. The minimum absolute atomic E-state index is 0.0948. The summed E-state index contributed by atoms with van der Waals surface area (Å²) in [7, 11) is 0. The van der Waals surface area contributed by atoms with E-state index in [0.717, 1.165) is 19.3 Å². The molecule has 38 heavy (non-hydrogen) atoms. The number of nitrogens with zero attached hydrogens (tertiary/aromatic N) is 1. The number of nitrogens with one attached hydrogen (secondary N) is 2. The highest BCUT2D eigenvalue weighted by atomic mass is 79.9. The first-order valence-electron chi connectivity index (χ1n) is 13.8. The Kier molecular flexibility index (Phi) is 9.04. The number of unbranched alkanes of at least 4 members (excludes halogenated alkanes) is 2. The molecule has 3 aliphatic rings. The number of rotatable bonds is 12. The summed E-state index contributed by atoms with van der Waals surface area (Å²) < 4.78 is 12.0. The molecule has 1 spiro atoms. The number of likely N-dealkylation sites (tertiary alicyclic amines) is 1. The van der Waals surface area contributed by atoms with E-state index in [1.165, 1.54) is 4.90 Å². The number of aliphatic hydroxyl groups excluding tert-OH is 1. The monoisotopic (exact) mass is 593 g/mol. The molecule has 4 rings (SSSR count). The van der Waals surface area contributed by atoms with Crippen LogP contribution < -0.4 is 15.4 Å². The lowest BCUT2D eigenvalue weighted by Crippen LogP contribution is -2.59. The molecule has 10 heteroatoms. The first-order valence-corrected chi connectivity index (χ1v) is 14.7. The van der Waals surface area contributed by atoms with Crippen LogP contribution in [0.25, 0.3) is 0 Å². The molecule has 3 heterocycles. The Balaban J connectivity index is 1.65. The maximum Gasteiger partial charge on any atom is 0.245 e. The first-order chi connectivity index (χ1) is 18.2. The molecule has 3 aliphatic heterocycles. The Morgan fingerprint density at radius 3 is 2.53 bits per heavy atom. The van der Waals surface area contributed by atoms with Crippen LogP contribution in [0.5, 0.6) is 5.75 Å². The molecule has 3 unspecified atom stereocenters. The number of aliphatic hydroxyl groups is 1. The van der Waals surface area contributed by atoms with Crippen molar-refractivity contribution in [3.05, 3.63) is 24.3 Å². The Labute approximate surface area is 233 Å². The zero-order chi connectivity index (χ0) is 27.6. The van der Waals surface area contributed by atoms with Crippen molar-refractivity contribution in [2.75, 3.05) is 25.1 Å². The maximum absolute atomic E-state index is 14.1. The maximum atomic E-state index is 14.1. The van der Waals surface area contributed by atoms with E-state index in [-0.39, 0.29) is 35.1 Å². The van der Waals surface area contributed by atoms with Crippen molar-refractivity contribution in [2.24, 2.45) is 17.8 Å². The van der Waals surface area contributed by atoms with Gasteiger partial charge in [0.15, 0.2) is 0 Å².